The van der Waals surface area contributed by atoms with Crippen LogP contribution in [0.2, 0.25) is 0 Å². The van der Waals surface area contributed by atoms with E-state index in [4.69, 9.17) is 0 Å². The third kappa shape index (κ3) is 4.55. The van der Waals surface area contributed by atoms with Crippen molar-refractivity contribution >= 4 is 5.91 Å². The van der Waals surface area contributed by atoms with E-state index in [1.807, 2.05) is 4.98 Å². The molecule has 162 valence electrons. The quantitative estimate of drug-likeness (QED) is 0.607. The summed E-state index contributed by atoms with van der Waals surface area (Å²) in [5.41, 5.74) is -3.20. The Bertz CT molecular complexity index is 1170. The SMILES string of the molecule is CN(Cc1ccc(C(F)(F)F)cc1)C(=O)c1nc(-c2c(F)cccc2F)[nH]c(=O)c1O. The van der Waals surface area contributed by atoms with E-state index in [0.717, 1.165) is 47.4 Å². The number of carbonyl (C=O) groups excluding carboxylic acids is 1. The van der Waals surface area contributed by atoms with Gasteiger partial charge in [-0.1, -0.05) is 18.2 Å². The number of nitrogens with zero attached hydrogens (tertiary/aromatic N) is 2. The first-order valence-corrected chi connectivity index (χ1v) is 8.68. The molecule has 0 fully saturated rings. The second-order valence-electron chi connectivity index (χ2n) is 6.56. The van der Waals surface area contributed by atoms with Crippen LogP contribution in [0.15, 0.2) is 47.3 Å². The van der Waals surface area contributed by atoms with Crippen LogP contribution in [-0.4, -0.2) is 32.9 Å². The van der Waals surface area contributed by atoms with Crippen molar-refractivity contribution in [3.63, 3.8) is 0 Å². The summed E-state index contributed by atoms with van der Waals surface area (Å²) in [6, 6.07) is 6.95. The number of hydrogen-bond donors (Lipinski definition) is 2. The number of nitrogens with one attached hydrogen (secondary N) is 1. The molecule has 0 atom stereocenters. The number of halogens is 5. The Kier molecular flexibility index (Phi) is 5.78. The highest BCUT2D eigenvalue weighted by atomic mass is 19.4. The Labute approximate surface area is 171 Å². The average molecular weight is 439 g/mol. The molecule has 1 aromatic heterocycles. The van der Waals surface area contributed by atoms with Crippen molar-refractivity contribution in [2.45, 2.75) is 12.7 Å². The van der Waals surface area contributed by atoms with Crippen molar-refractivity contribution in [3.8, 4) is 17.1 Å². The molecule has 0 spiro atoms. The van der Waals surface area contributed by atoms with Crippen LogP contribution in [0.5, 0.6) is 5.75 Å². The summed E-state index contributed by atoms with van der Waals surface area (Å²) in [6.45, 7) is -0.186. The summed E-state index contributed by atoms with van der Waals surface area (Å²) in [6.07, 6.45) is -4.51. The number of aromatic hydroxyl groups is 1. The fourth-order valence-corrected chi connectivity index (χ4v) is 2.78. The van der Waals surface area contributed by atoms with Crippen LogP contribution in [0.4, 0.5) is 22.0 Å². The molecule has 0 aliphatic rings. The summed E-state index contributed by atoms with van der Waals surface area (Å²) < 4.78 is 66.0. The molecule has 2 N–H and O–H groups in total. The van der Waals surface area contributed by atoms with E-state index in [1.54, 1.807) is 0 Å². The van der Waals surface area contributed by atoms with Crippen molar-refractivity contribution in [1.82, 2.24) is 14.9 Å². The fraction of sp³-hybridized carbons (Fsp3) is 0.150. The van der Waals surface area contributed by atoms with Gasteiger partial charge in [0, 0.05) is 13.6 Å². The molecule has 0 aliphatic carbocycles. The first-order chi connectivity index (χ1) is 14.5. The van der Waals surface area contributed by atoms with Gasteiger partial charge in [-0.3, -0.25) is 9.59 Å². The lowest BCUT2D eigenvalue weighted by molar-refractivity contribution is -0.137. The zero-order valence-corrected chi connectivity index (χ0v) is 15.8. The van der Waals surface area contributed by atoms with Gasteiger partial charge in [-0.05, 0) is 29.8 Å². The molecule has 0 unspecified atom stereocenters. The van der Waals surface area contributed by atoms with Gasteiger partial charge in [-0.2, -0.15) is 13.2 Å². The summed E-state index contributed by atoms with van der Waals surface area (Å²) >= 11 is 0. The summed E-state index contributed by atoms with van der Waals surface area (Å²) in [4.78, 5) is 31.4. The van der Waals surface area contributed by atoms with Crippen LogP contribution in [0.25, 0.3) is 11.4 Å². The molecule has 31 heavy (non-hydrogen) atoms. The Morgan fingerprint density at radius 1 is 1.10 bits per heavy atom. The van der Waals surface area contributed by atoms with Gasteiger partial charge >= 0.3 is 6.18 Å². The molecule has 0 aliphatic heterocycles. The minimum absolute atomic E-state index is 0.186. The monoisotopic (exact) mass is 439 g/mol. The van der Waals surface area contributed by atoms with Crippen molar-refractivity contribution in [1.29, 1.82) is 0 Å². The molecule has 0 radical (unpaired) electrons. The number of aromatic nitrogens is 2. The molecule has 0 saturated carbocycles. The van der Waals surface area contributed by atoms with Crippen LogP contribution in [0.1, 0.15) is 21.6 Å². The highest BCUT2D eigenvalue weighted by Crippen LogP contribution is 2.29. The van der Waals surface area contributed by atoms with E-state index in [-0.39, 0.29) is 6.54 Å². The number of hydrogen-bond acceptors (Lipinski definition) is 4. The van der Waals surface area contributed by atoms with Crippen molar-refractivity contribution in [2.75, 3.05) is 7.05 Å². The maximum absolute atomic E-state index is 14.0. The molecule has 1 amide bonds. The molecule has 2 aromatic carbocycles. The smallest absolute Gasteiger partial charge is 0.416 e. The normalized spacial score (nSPS) is 11.4. The molecule has 3 rings (SSSR count). The van der Waals surface area contributed by atoms with Gasteiger partial charge in [0.25, 0.3) is 11.5 Å². The first-order valence-electron chi connectivity index (χ1n) is 8.68. The molecule has 11 heteroatoms. The van der Waals surface area contributed by atoms with Crippen LogP contribution in [0, 0.1) is 11.6 Å². The number of aromatic amines is 1. The Hall–Kier alpha value is -3.76. The lowest BCUT2D eigenvalue weighted by Crippen LogP contribution is -2.29. The van der Waals surface area contributed by atoms with Crippen molar-refractivity contribution in [3.05, 3.63) is 81.3 Å². The van der Waals surface area contributed by atoms with E-state index in [9.17, 15) is 36.6 Å². The second kappa shape index (κ2) is 8.17. The molecular formula is C20H14F5N3O3. The van der Waals surface area contributed by atoms with Gasteiger partial charge < -0.3 is 15.0 Å². The van der Waals surface area contributed by atoms with Crippen molar-refractivity contribution in [2.24, 2.45) is 0 Å². The Morgan fingerprint density at radius 2 is 1.68 bits per heavy atom. The summed E-state index contributed by atoms with van der Waals surface area (Å²) in [7, 11) is 1.26. The molecular weight excluding hydrogens is 425 g/mol. The number of benzene rings is 2. The van der Waals surface area contributed by atoms with E-state index in [1.165, 1.54) is 7.05 Å². The third-order valence-electron chi connectivity index (χ3n) is 4.34. The van der Waals surface area contributed by atoms with Gasteiger partial charge in [0.05, 0.1) is 11.1 Å². The molecule has 6 nitrogen and oxygen atoms in total. The standard InChI is InChI=1S/C20H14F5N3O3/c1-28(9-10-5-7-11(8-6-10)20(23,24)25)19(31)15-16(29)18(30)27-17(26-15)14-12(21)3-2-4-13(14)22/h2-8,29H,9H2,1H3,(H,26,27,30). The van der Waals surface area contributed by atoms with Gasteiger partial charge in [0.1, 0.15) is 17.5 Å². The number of H-pyrrole nitrogens is 1. The van der Waals surface area contributed by atoms with Crippen LogP contribution < -0.4 is 5.56 Å². The predicted octanol–water partition coefficient (Wildman–Crippen LogP) is 3.71. The maximum atomic E-state index is 14.0. The van der Waals surface area contributed by atoms with Gasteiger partial charge in [0.2, 0.25) is 5.75 Å². The van der Waals surface area contributed by atoms with E-state index < -0.39 is 57.7 Å². The number of carbonyl (C=O) groups is 1. The van der Waals surface area contributed by atoms with E-state index >= 15 is 0 Å². The summed E-state index contributed by atoms with van der Waals surface area (Å²) in [5.74, 6) is -4.76. The summed E-state index contributed by atoms with van der Waals surface area (Å²) in [5, 5.41) is 9.95. The van der Waals surface area contributed by atoms with Gasteiger partial charge in [0.15, 0.2) is 5.69 Å². The maximum Gasteiger partial charge on any atom is 0.416 e. The second-order valence-corrected chi connectivity index (χ2v) is 6.56. The molecule has 0 saturated heterocycles. The number of amides is 1. The predicted molar refractivity (Wildman–Crippen MR) is 99.1 cm³/mol. The molecule has 3 aromatic rings. The highest BCUT2D eigenvalue weighted by Gasteiger charge is 2.30. The highest BCUT2D eigenvalue weighted by molar-refractivity contribution is 5.95. The lowest BCUT2D eigenvalue weighted by Gasteiger charge is -2.18. The Morgan fingerprint density at radius 3 is 2.23 bits per heavy atom. The first kappa shape index (κ1) is 21.9. The minimum Gasteiger partial charge on any atom is -0.501 e. The van der Waals surface area contributed by atoms with Crippen molar-refractivity contribution < 1.29 is 31.9 Å². The Balaban J connectivity index is 1.92. The lowest BCUT2D eigenvalue weighted by atomic mass is 10.1. The van der Waals surface area contributed by atoms with E-state index in [0.29, 0.717) is 5.56 Å². The topological polar surface area (TPSA) is 86.3 Å². The largest absolute Gasteiger partial charge is 0.501 e. The zero-order valence-electron chi connectivity index (χ0n) is 15.8. The van der Waals surface area contributed by atoms with Crippen LogP contribution >= 0.6 is 0 Å². The zero-order chi connectivity index (χ0) is 22.9. The molecule has 1 heterocycles. The third-order valence-corrected chi connectivity index (χ3v) is 4.34. The minimum atomic E-state index is -4.51. The number of alkyl halides is 3. The van der Waals surface area contributed by atoms with Gasteiger partial charge in [-0.15, -0.1) is 0 Å². The average Bonchev–Trinajstić information content (AvgIpc) is 2.69. The van der Waals surface area contributed by atoms with Crippen LogP contribution in [0.3, 0.4) is 0 Å². The molecule has 0 bridgehead atoms. The van der Waals surface area contributed by atoms with Crippen LogP contribution in [-0.2, 0) is 12.7 Å². The number of rotatable bonds is 4. The van der Waals surface area contributed by atoms with Gasteiger partial charge in [-0.25, -0.2) is 13.8 Å². The van der Waals surface area contributed by atoms with E-state index in [2.05, 4.69) is 4.98 Å². The fourth-order valence-electron chi connectivity index (χ4n) is 2.78.